The number of carbonyl (C=O) groups is 3. The summed E-state index contributed by atoms with van der Waals surface area (Å²) in [6, 6.07) is 0.999. The van der Waals surface area contributed by atoms with Crippen LogP contribution in [0.25, 0.3) is 5.76 Å². The molecule has 2 aromatic rings. The molecule has 0 spiro atoms. The van der Waals surface area contributed by atoms with Crippen molar-refractivity contribution in [2.24, 2.45) is 11.8 Å². The van der Waals surface area contributed by atoms with Crippen LogP contribution in [-0.2, 0) is 15.6 Å². The number of hydrogen-bond donors (Lipinski definition) is 1. The molecule has 1 heterocycles. The zero-order valence-corrected chi connectivity index (χ0v) is 33.2. The number of nitrogens with zero attached hydrogens (tertiary/aromatic N) is 2. The van der Waals surface area contributed by atoms with E-state index in [-0.39, 0.29) is 40.3 Å². The molecule has 5 rings (SSSR count). The van der Waals surface area contributed by atoms with Crippen molar-refractivity contribution in [3.63, 3.8) is 0 Å². The Kier molecular flexibility index (Phi) is 11.0. The van der Waals surface area contributed by atoms with Crippen molar-refractivity contribution in [3.8, 4) is 17.4 Å². The number of aliphatic hydroxyl groups excluding tert-OH is 1. The Bertz CT molecular complexity index is 1700. The second-order valence-corrected chi connectivity index (χ2v) is 21.0. The molecule has 1 aromatic carbocycles. The summed E-state index contributed by atoms with van der Waals surface area (Å²) in [6.07, 6.45) is 4.32. The van der Waals surface area contributed by atoms with E-state index in [1.807, 2.05) is 59.8 Å². The number of aldehydes is 1. The maximum atomic E-state index is 15.6. The van der Waals surface area contributed by atoms with E-state index in [4.69, 9.17) is 23.2 Å². The van der Waals surface area contributed by atoms with Gasteiger partial charge in [-0.15, -0.1) is 0 Å². The topological polar surface area (TPSA) is 138 Å². The first-order chi connectivity index (χ1) is 24.0. The summed E-state index contributed by atoms with van der Waals surface area (Å²) in [6.45, 7) is 18.8. The molecular weight excluding hydrogens is 669 g/mol. The molecule has 0 amide bonds. The van der Waals surface area contributed by atoms with Crippen molar-refractivity contribution in [1.29, 1.82) is 0 Å². The van der Waals surface area contributed by atoms with E-state index in [9.17, 15) is 9.90 Å². The lowest BCUT2D eigenvalue weighted by Crippen LogP contribution is -2.68. The molecule has 1 saturated carbocycles. The van der Waals surface area contributed by atoms with Gasteiger partial charge in [0.2, 0.25) is 11.6 Å². The molecule has 3 aliphatic carbocycles. The van der Waals surface area contributed by atoms with Crippen molar-refractivity contribution in [2.45, 2.75) is 123 Å². The monoisotopic (exact) mass is 724 g/mol. The van der Waals surface area contributed by atoms with Gasteiger partial charge >= 0.3 is 0 Å². The smallest absolute Gasteiger partial charge is 0.265 e. The molecular formula is C39H56N2O9Si. The number of ketones is 2. The second kappa shape index (κ2) is 14.5. The van der Waals surface area contributed by atoms with Crippen LogP contribution in [0.4, 0.5) is 0 Å². The van der Waals surface area contributed by atoms with Gasteiger partial charge in [-0.05, 0) is 88.9 Å². The van der Waals surface area contributed by atoms with Crippen molar-refractivity contribution in [2.75, 3.05) is 27.3 Å². The van der Waals surface area contributed by atoms with E-state index < -0.39 is 43.4 Å². The molecule has 1 N–H and O–H groups in total. The number of aromatic nitrogens is 1. The summed E-state index contributed by atoms with van der Waals surface area (Å²) in [5.74, 6) is -1.55. The van der Waals surface area contributed by atoms with Crippen molar-refractivity contribution >= 4 is 31.9 Å². The number of fused-ring (bicyclic) bond motifs is 4. The Morgan fingerprint density at radius 2 is 1.73 bits per heavy atom. The van der Waals surface area contributed by atoms with Crippen LogP contribution in [0.1, 0.15) is 124 Å². The second-order valence-electron chi connectivity index (χ2n) is 16.2. The fourth-order valence-corrected chi connectivity index (χ4v) is 8.95. The number of aliphatic hydroxyl groups is 1. The third-order valence-corrected chi connectivity index (χ3v) is 15.5. The van der Waals surface area contributed by atoms with E-state index in [0.717, 1.165) is 32.0 Å². The molecule has 1 aromatic heterocycles. The minimum atomic E-state index is -2.87. The van der Waals surface area contributed by atoms with Crippen LogP contribution in [0.2, 0.25) is 18.1 Å². The molecule has 0 saturated heterocycles. The molecule has 0 radical (unpaired) electrons. The predicted molar refractivity (Wildman–Crippen MR) is 197 cm³/mol. The van der Waals surface area contributed by atoms with Crippen LogP contribution < -0.4 is 14.2 Å². The van der Waals surface area contributed by atoms with Gasteiger partial charge in [0.25, 0.3) is 5.88 Å². The van der Waals surface area contributed by atoms with Crippen LogP contribution >= 0.6 is 0 Å². The zero-order chi connectivity index (χ0) is 37.6. The van der Waals surface area contributed by atoms with Gasteiger partial charge in [0, 0.05) is 17.1 Å². The molecule has 3 aliphatic rings. The molecule has 280 valence electrons. The van der Waals surface area contributed by atoms with E-state index in [0.29, 0.717) is 53.6 Å². The number of Topliss-reactive ketones (excluding diaryl/α,β-unsaturated/α-hetero) is 2. The third kappa shape index (κ3) is 6.56. The first-order valence-corrected chi connectivity index (χ1v) is 21.3. The highest BCUT2D eigenvalue weighted by molar-refractivity contribution is 6.74. The fourth-order valence-electron chi connectivity index (χ4n) is 7.50. The molecule has 0 aliphatic heterocycles. The van der Waals surface area contributed by atoms with E-state index in [1.165, 1.54) is 0 Å². The first-order valence-electron chi connectivity index (χ1n) is 18.4. The minimum absolute atomic E-state index is 0.0533. The first kappa shape index (κ1) is 38.7. The van der Waals surface area contributed by atoms with Crippen molar-refractivity contribution in [3.05, 3.63) is 39.7 Å². The van der Waals surface area contributed by atoms with Gasteiger partial charge < -0.3 is 28.3 Å². The van der Waals surface area contributed by atoms with Crippen LogP contribution in [0, 0.1) is 11.8 Å². The fraction of sp³-hybridized carbons (Fsp3) is 0.641. The summed E-state index contributed by atoms with van der Waals surface area (Å²) in [4.78, 5) is 45.3. The van der Waals surface area contributed by atoms with Crippen molar-refractivity contribution < 1.29 is 42.6 Å². The van der Waals surface area contributed by atoms with Gasteiger partial charge in [0.15, 0.2) is 26.0 Å². The van der Waals surface area contributed by atoms with E-state index >= 15 is 9.59 Å². The third-order valence-electron chi connectivity index (χ3n) is 11.0. The number of rotatable bonds is 14. The highest BCUT2D eigenvalue weighted by Gasteiger charge is 2.69. The van der Waals surface area contributed by atoms with Gasteiger partial charge in [0.05, 0.1) is 36.5 Å². The van der Waals surface area contributed by atoms with Crippen LogP contribution in [0.3, 0.4) is 0 Å². The number of benzene rings is 1. The number of hydrogen-bond acceptors (Lipinski definition) is 11. The highest BCUT2D eigenvalue weighted by atomic mass is 28.4. The lowest BCUT2D eigenvalue weighted by Gasteiger charge is -2.55. The Balaban J connectivity index is 1.81. The van der Waals surface area contributed by atoms with Crippen LogP contribution in [0.15, 0.2) is 16.2 Å². The van der Waals surface area contributed by atoms with Gasteiger partial charge in [-0.2, -0.15) is 0 Å². The summed E-state index contributed by atoms with van der Waals surface area (Å²) >= 11 is 0. The standard InChI is InChI=1S/C39H56N2O9Si/c1-12-14-16-46-27-20-24(21-42)33(48-22(3)4)25-18-23-19-26-31(41(8)9)34-30(37(40-49-34)47-17-15-13-2)36(45)39(26,50-51(10,11)38(5,6)7)35(44)28(23)32(43)29(25)27/h20-23,26,31,43H,12-19H2,1-11H3/t23-,26?,31-,39-/m0/s1. The van der Waals surface area contributed by atoms with Crippen LogP contribution in [-0.4, -0.2) is 80.3 Å². The van der Waals surface area contributed by atoms with Gasteiger partial charge in [0.1, 0.15) is 22.8 Å². The molecule has 0 bridgehead atoms. The Hall–Kier alpha value is -3.48. The molecule has 1 unspecified atom stereocenters. The quantitative estimate of drug-likeness (QED) is 0.0880. The van der Waals surface area contributed by atoms with E-state index in [2.05, 4.69) is 25.9 Å². The van der Waals surface area contributed by atoms with Gasteiger partial charge in [-0.3, -0.25) is 19.3 Å². The number of ether oxygens (including phenoxy) is 3. The Morgan fingerprint density at radius 1 is 1.08 bits per heavy atom. The zero-order valence-electron chi connectivity index (χ0n) is 32.2. The number of carbonyl (C=O) groups excluding carboxylic acids is 3. The average molecular weight is 725 g/mol. The number of unbranched alkanes of at least 4 members (excludes halogenated alkanes) is 2. The van der Waals surface area contributed by atoms with Crippen LogP contribution in [0.5, 0.6) is 17.4 Å². The van der Waals surface area contributed by atoms with Crippen molar-refractivity contribution in [1.82, 2.24) is 10.1 Å². The molecule has 51 heavy (non-hydrogen) atoms. The molecule has 12 heteroatoms. The average Bonchev–Trinajstić information content (AvgIpc) is 3.45. The lowest BCUT2D eigenvalue weighted by molar-refractivity contribution is -0.140. The molecule has 11 nitrogen and oxygen atoms in total. The molecule has 4 atom stereocenters. The Morgan fingerprint density at radius 3 is 2.29 bits per heavy atom. The maximum Gasteiger partial charge on any atom is 0.265 e. The summed E-state index contributed by atoms with van der Waals surface area (Å²) in [7, 11) is 0.900. The largest absolute Gasteiger partial charge is 0.507 e. The SMILES string of the molecule is CCCCOc1cc(C=O)c(OC(C)C)c2c1C(O)=C1C(=O)[C@]3(O[Si](C)(C)C(C)(C)C)C(=O)c4c(OCCCC)noc4[C@@H](N(C)C)C3C[C@@H]1C2. The van der Waals surface area contributed by atoms with Gasteiger partial charge in [-0.25, -0.2) is 0 Å². The lowest BCUT2D eigenvalue weighted by atomic mass is 9.57. The minimum Gasteiger partial charge on any atom is -0.507 e. The van der Waals surface area contributed by atoms with Gasteiger partial charge in [-0.1, -0.05) is 47.5 Å². The summed E-state index contributed by atoms with van der Waals surface area (Å²) < 4.78 is 31.6. The summed E-state index contributed by atoms with van der Waals surface area (Å²) in [5.41, 5.74) is -0.508. The Labute approximate surface area is 303 Å². The molecule has 1 fully saturated rings. The normalized spacial score (nSPS) is 23.2. The maximum absolute atomic E-state index is 15.6. The predicted octanol–water partition coefficient (Wildman–Crippen LogP) is 7.92. The highest BCUT2D eigenvalue weighted by Crippen LogP contribution is 2.59. The summed E-state index contributed by atoms with van der Waals surface area (Å²) in [5, 5.41) is 16.2. The van der Waals surface area contributed by atoms with E-state index in [1.54, 1.807) is 6.07 Å².